The van der Waals surface area contributed by atoms with Gasteiger partial charge < -0.3 is 0 Å². The van der Waals surface area contributed by atoms with E-state index in [4.69, 9.17) is 0 Å². The lowest BCUT2D eigenvalue weighted by molar-refractivity contribution is 1.43. The van der Waals surface area contributed by atoms with Crippen LogP contribution in [0.15, 0.2) is 42.5 Å². The summed E-state index contributed by atoms with van der Waals surface area (Å²) in [6, 6.07) is 8.57. The lowest BCUT2D eigenvalue weighted by atomic mass is 10.0. The fourth-order valence-electron chi connectivity index (χ4n) is 1.44. The average Bonchev–Trinajstić information content (AvgIpc) is 2.47. The van der Waals surface area contributed by atoms with Crippen molar-refractivity contribution in [2.24, 2.45) is 0 Å². The molecule has 0 atom stereocenters. The van der Waals surface area contributed by atoms with E-state index in [1.54, 1.807) is 0 Å². The van der Waals surface area contributed by atoms with Gasteiger partial charge in [-0.05, 0) is 30.2 Å². The molecule has 0 heterocycles. The molecule has 1 aliphatic carbocycles. The molecule has 0 N–H and O–H groups in total. The summed E-state index contributed by atoms with van der Waals surface area (Å²) in [7, 11) is 0. The molecule has 0 saturated heterocycles. The topological polar surface area (TPSA) is 0 Å². The Morgan fingerprint density at radius 1 is 1.14 bits per heavy atom. The zero-order valence-corrected chi connectivity index (χ0v) is 8.25. The molecule has 1 aromatic rings. The van der Waals surface area contributed by atoms with Crippen molar-refractivity contribution in [1.82, 2.24) is 0 Å². The van der Waals surface area contributed by atoms with Gasteiger partial charge in [-0.25, -0.2) is 0 Å². The molecule has 1 aliphatic rings. The lowest BCUT2D eigenvalue weighted by Crippen LogP contribution is -1.81. The summed E-state index contributed by atoms with van der Waals surface area (Å²) in [6.45, 7) is 2.10. The fraction of sp³-hybridized carbons (Fsp3) is 0.143. The van der Waals surface area contributed by atoms with Crippen molar-refractivity contribution >= 4 is 5.57 Å². The Balaban J connectivity index is 2.32. The summed E-state index contributed by atoms with van der Waals surface area (Å²) >= 11 is 0. The standard InChI is InChI=1S/C14H12/c1-12-8-10-14(11-9-12)13-6-4-2-3-5-7-13/h4,6-11H,5H2,1H3. The highest BCUT2D eigenvalue weighted by molar-refractivity contribution is 5.75. The minimum atomic E-state index is 0.843. The van der Waals surface area contributed by atoms with Gasteiger partial charge in [0.05, 0.1) is 0 Å². The van der Waals surface area contributed by atoms with Crippen LogP contribution in [0.4, 0.5) is 0 Å². The van der Waals surface area contributed by atoms with E-state index in [1.807, 2.05) is 6.08 Å². The van der Waals surface area contributed by atoms with Gasteiger partial charge in [0, 0.05) is 6.42 Å². The highest BCUT2D eigenvalue weighted by Gasteiger charge is 1.97. The number of aryl methyl sites for hydroxylation is 1. The Morgan fingerprint density at radius 2 is 1.93 bits per heavy atom. The van der Waals surface area contributed by atoms with E-state index in [-0.39, 0.29) is 0 Å². The van der Waals surface area contributed by atoms with Crippen LogP contribution in [0.5, 0.6) is 0 Å². The number of hydrogen-bond donors (Lipinski definition) is 0. The predicted molar refractivity (Wildman–Crippen MR) is 60.7 cm³/mol. The molecular formula is C14H12. The zero-order chi connectivity index (χ0) is 9.80. The van der Waals surface area contributed by atoms with Crippen molar-refractivity contribution in [3.63, 3.8) is 0 Å². The van der Waals surface area contributed by atoms with Crippen LogP contribution < -0.4 is 0 Å². The third-order valence-corrected chi connectivity index (χ3v) is 2.26. The van der Waals surface area contributed by atoms with Gasteiger partial charge in [-0.15, -0.1) is 0 Å². The van der Waals surface area contributed by atoms with Crippen LogP contribution in [0, 0.1) is 18.8 Å². The van der Waals surface area contributed by atoms with Gasteiger partial charge in [-0.3, -0.25) is 0 Å². The molecular weight excluding hydrogens is 168 g/mol. The molecule has 0 saturated carbocycles. The maximum atomic E-state index is 3.05. The van der Waals surface area contributed by atoms with Crippen LogP contribution in [0.2, 0.25) is 0 Å². The summed E-state index contributed by atoms with van der Waals surface area (Å²) in [6.07, 6.45) is 7.00. The monoisotopic (exact) mass is 180 g/mol. The second-order valence-corrected chi connectivity index (χ2v) is 3.38. The molecule has 68 valence electrons. The first-order valence-electron chi connectivity index (χ1n) is 4.78. The fourth-order valence-corrected chi connectivity index (χ4v) is 1.44. The Bertz CT molecular complexity index is 433. The molecule has 0 radical (unpaired) electrons. The number of allylic oxidation sites excluding steroid dienone is 4. The highest BCUT2D eigenvalue weighted by atomic mass is 14.0. The molecule has 0 unspecified atom stereocenters. The number of rotatable bonds is 1. The molecule has 0 bridgehead atoms. The summed E-state index contributed by atoms with van der Waals surface area (Å²) < 4.78 is 0. The Morgan fingerprint density at radius 3 is 2.71 bits per heavy atom. The normalized spacial score (nSPS) is 13.9. The molecule has 0 nitrogen and oxygen atoms in total. The van der Waals surface area contributed by atoms with Crippen LogP contribution in [0.1, 0.15) is 17.5 Å². The van der Waals surface area contributed by atoms with Gasteiger partial charge in [-0.1, -0.05) is 47.7 Å². The first-order chi connectivity index (χ1) is 6.86. The van der Waals surface area contributed by atoms with Crippen molar-refractivity contribution in [2.75, 3.05) is 0 Å². The Kier molecular flexibility index (Phi) is 2.51. The molecule has 0 aromatic heterocycles. The van der Waals surface area contributed by atoms with Crippen molar-refractivity contribution in [1.29, 1.82) is 0 Å². The average molecular weight is 180 g/mol. The SMILES string of the molecule is Cc1ccc(C2=CCC#CC=C2)cc1. The summed E-state index contributed by atoms with van der Waals surface area (Å²) in [4.78, 5) is 0. The van der Waals surface area contributed by atoms with Crippen LogP contribution >= 0.6 is 0 Å². The maximum absolute atomic E-state index is 3.05. The predicted octanol–water partition coefficient (Wildman–Crippen LogP) is 3.34. The van der Waals surface area contributed by atoms with Gasteiger partial charge in [0.1, 0.15) is 0 Å². The van der Waals surface area contributed by atoms with E-state index in [1.165, 1.54) is 16.7 Å². The van der Waals surface area contributed by atoms with Gasteiger partial charge >= 0.3 is 0 Å². The van der Waals surface area contributed by atoms with Crippen molar-refractivity contribution in [3.8, 4) is 11.8 Å². The second-order valence-electron chi connectivity index (χ2n) is 3.38. The van der Waals surface area contributed by atoms with E-state index in [2.05, 4.69) is 55.2 Å². The third-order valence-electron chi connectivity index (χ3n) is 2.26. The summed E-state index contributed by atoms with van der Waals surface area (Å²) in [5.41, 5.74) is 3.81. The number of hydrogen-bond acceptors (Lipinski definition) is 0. The van der Waals surface area contributed by atoms with Crippen molar-refractivity contribution in [3.05, 3.63) is 53.6 Å². The smallest absolute Gasteiger partial charge is 0.0282 e. The van der Waals surface area contributed by atoms with Gasteiger partial charge in [-0.2, -0.15) is 0 Å². The summed E-state index contributed by atoms with van der Waals surface area (Å²) in [5.74, 6) is 6.02. The minimum absolute atomic E-state index is 0.843. The van der Waals surface area contributed by atoms with Crippen molar-refractivity contribution in [2.45, 2.75) is 13.3 Å². The van der Waals surface area contributed by atoms with Crippen LogP contribution in [0.3, 0.4) is 0 Å². The van der Waals surface area contributed by atoms with Crippen LogP contribution in [0.25, 0.3) is 5.57 Å². The first kappa shape index (κ1) is 8.84. The Labute approximate surface area is 85.0 Å². The van der Waals surface area contributed by atoms with Gasteiger partial charge in [0.2, 0.25) is 0 Å². The Hall–Kier alpha value is -1.74. The molecule has 0 spiro atoms. The van der Waals surface area contributed by atoms with E-state index in [0.29, 0.717) is 0 Å². The molecule has 2 rings (SSSR count). The van der Waals surface area contributed by atoms with Crippen LogP contribution in [-0.2, 0) is 0 Å². The van der Waals surface area contributed by atoms with E-state index in [0.717, 1.165) is 6.42 Å². The molecule has 0 fully saturated rings. The third kappa shape index (κ3) is 1.95. The summed E-state index contributed by atoms with van der Waals surface area (Å²) in [5, 5.41) is 0. The molecule has 1 aromatic carbocycles. The van der Waals surface area contributed by atoms with Crippen molar-refractivity contribution < 1.29 is 0 Å². The molecule has 0 aliphatic heterocycles. The zero-order valence-electron chi connectivity index (χ0n) is 8.25. The lowest BCUT2D eigenvalue weighted by Gasteiger charge is -2.01. The van der Waals surface area contributed by atoms with E-state index < -0.39 is 0 Å². The maximum Gasteiger partial charge on any atom is 0.0282 e. The quantitative estimate of drug-likeness (QED) is 0.581. The molecule has 14 heavy (non-hydrogen) atoms. The molecule has 0 heteroatoms. The molecule has 0 amide bonds. The highest BCUT2D eigenvalue weighted by Crippen LogP contribution is 2.17. The first-order valence-corrected chi connectivity index (χ1v) is 4.78. The van der Waals surface area contributed by atoms with E-state index >= 15 is 0 Å². The number of benzene rings is 1. The minimum Gasteiger partial charge on any atom is -0.0943 e. The van der Waals surface area contributed by atoms with Gasteiger partial charge in [0.15, 0.2) is 0 Å². The largest absolute Gasteiger partial charge is 0.0943 e. The second kappa shape index (κ2) is 3.98. The van der Waals surface area contributed by atoms with E-state index in [9.17, 15) is 0 Å². The van der Waals surface area contributed by atoms with Gasteiger partial charge in [0.25, 0.3) is 0 Å². The van der Waals surface area contributed by atoms with Crippen LogP contribution in [-0.4, -0.2) is 0 Å².